The number of unbranched alkanes of at least 4 members (excludes halogenated alkanes) is 7. The van der Waals surface area contributed by atoms with E-state index in [1.54, 1.807) is 0 Å². The van der Waals surface area contributed by atoms with Gasteiger partial charge in [0.05, 0.1) is 0 Å². The summed E-state index contributed by atoms with van der Waals surface area (Å²) < 4.78 is 0. The summed E-state index contributed by atoms with van der Waals surface area (Å²) in [6, 6.07) is -0.537. The highest BCUT2D eigenvalue weighted by Crippen LogP contribution is 2.48. The van der Waals surface area contributed by atoms with Gasteiger partial charge in [-0.25, -0.2) is 4.79 Å². The minimum Gasteiger partial charge on any atom is -0.277 e. The van der Waals surface area contributed by atoms with Crippen molar-refractivity contribution in [3.8, 4) is 0 Å². The van der Waals surface area contributed by atoms with Gasteiger partial charge in [0.25, 0.3) is 0 Å². The maximum Gasteiger partial charge on any atom is 0.330 e. The molecule has 0 aromatic heterocycles. The number of rotatable bonds is 9. The first-order valence-electron chi connectivity index (χ1n) is 8.29. The number of barbiturate groups is 1. The lowest BCUT2D eigenvalue weighted by Crippen LogP contribution is -2.59. The molecule has 1 aliphatic carbocycles. The van der Waals surface area contributed by atoms with Crippen LogP contribution in [0.3, 0.4) is 0 Å². The Morgan fingerprint density at radius 2 is 1.52 bits per heavy atom. The third kappa shape index (κ3) is 3.63. The molecule has 0 aromatic carbocycles. The Hall–Kier alpha value is -1.39. The summed E-state index contributed by atoms with van der Waals surface area (Å²) in [5.74, 6) is -0.677. The molecule has 1 heterocycles. The molecular weight excluding hydrogens is 268 g/mol. The lowest BCUT2D eigenvalue weighted by molar-refractivity contribution is -0.144. The van der Waals surface area contributed by atoms with Gasteiger partial charge in [0.2, 0.25) is 11.8 Å². The molecule has 118 valence electrons. The number of urea groups is 1. The zero-order chi connectivity index (χ0) is 15.3. The number of nitrogens with one attached hydrogen (secondary N) is 1. The average molecular weight is 294 g/mol. The second-order valence-corrected chi connectivity index (χ2v) is 6.27. The Kier molecular flexibility index (Phi) is 5.37. The second kappa shape index (κ2) is 7.05. The predicted octanol–water partition coefficient (Wildman–Crippen LogP) is 2.99. The van der Waals surface area contributed by atoms with Gasteiger partial charge in [-0.05, 0) is 19.3 Å². The summed E-state index contributed by atoms with van der Waals surface area (Å²) in [6.45, 7) is 2.65. The van der Waals surface area contributed by atoms with Crippen LogP contribution in [-0.2, 0) is 9.59 Å². The molecule has 0 unspecified atom stereocenters. The van der Waals surface area contributed by atoms with Crippen LogP contribution in [0, 0.1) is 5.41 Å². The fourth-order valence-electron chi connectivity index (χ4n) is 2.90. The van der Waals surface area contributed by atoms with Gasteiger partial charge in [-0.1, -0.05) is 51.9 Å². The first-order chi connectivity index (χ1) is 10.1. The Balaban J connectivity index is 1.65. The van der Waals surface area contributed by atoms with Gasteiger partial charge in [0.15, 0.2) is 0 Å². The summed E-state index contributed by atoms with van der Waals surface area (Å²) in [4.78, 5) is 36.9. The highest BCUT2D eigenvalue weighted by molar-refractivity contribution is 6.20. The lowest BCUT2D eigenvalue weighted by atomic mass is 10.0. The Bertz CT molecular complexity index is 416. The van der Waals surface area contributed by atoms with Crippen LogP contribution in [0.2, 0.25) is 0 Å². The van der Waals surface area contributed by atoms with E-state index in [1.165, 1.54) is 37.0 Å². The lowest BCUT2D eigenvalue weighted by Gasteiger charge is -2.30. The monoisotopic (exact) mass is 294 g/mol. The number of carbonyl (C=O) groups is 3. The fourth-order valence-corrected chi connectivity index (χ4v) is 2.90. The molecule has 2 fully saturated rings. The van der Waals surface area contributed by atoms with Gasteiger partial charge in [-0.3, -0.25) is 19.8 Å². The van der Waals surface area contributed by atoms with Crippen LogP contribution in [-0.4, -0.2) is 29.3 Å². The number of hydrogen-bond donors (Lipinski definition) is 1. The van der Waals surface area contributed by atoms with E-state index in [2.05, 4.69) is 12.2 Å². The Labute approximate surface area is 126 Å². The molecule has 1 aliphatic heterocycles. The number of imide groups is 2. The van der Waals surface area contributed by atoms with Crippen LogP contribution in [0.5, 0.6) is 0 Å². The van der Waals surface area contributed by atoms with Gasteiger partial charge >= 0.3 is 6.03 Å². The summed E-state index contributed by atoms with van der Waals surface area (Å²) in [7, 11) is 0. The van der Waals surface area contributed by atoms with Crippen molar-refractivity contribution in [1.29, 1.82) is 0 Å². The van der Waals surface area contributed by atoms with Gasteiger partial charge < -0.3 is 0 Å². The minimum atomic E-state index is -0.895. The summed E-state index contributed by atoms with van der Waals surface area (Å²) >= 11 is 0. The van der Waals surface area contributed by atoms with Crippen molar-refractivity contribution in [2.75, 3.05) is 6.54 Å². The van der Waals surface area contributed by atoms with Crippen molar-refractivity contribution < 1.29 is 14.4 Å². The van der Waals surface area contributed by atoms with Gasteiger partial charge in [-0.2, -0.15) is 0 Å². The topological polar surface area (TPSA) is 66.5 Å². The summed E-state index contributed by atoms with van der Waals surface area (Å²) in [6.07, 6.45) is 10.5. The molecule has 1 saturated carbocycles. The third-order valence-corrected chi connectivity index (χ3v) is 4.54. The van der Waals surface area contributed by atoms with Crippen LogP contribution in [0.4, 0.5) is 4.79 Å². The highest BCUT2D eigenvalue weighted by Gasteiger charge is 2.61. The number of carbonyl (C=O) groups excluding carboxylic acids is 3. The zero-order valence-electron chi connectivity index (χ0n) is 13.0. The van der Waals surface area contributed by atoms with Crippen LogP contribution >= 0.6 is 0 Å². The van der Waals surface area contributed by atoms with Gasteiger partial charge in [0.1, 0.15) is 5.41 Å². The zero-order valence-corrected chi connectivity index (χ0v) is 13.0. The average Bonchev–Trinajstić information content (AvgIpc) is 3.25. The maximum absolute atomic E-state index is 12.2. The quantitative estimate of drug-likeness (QED) is 0.525. The molecule has 0 bridgehead atoms. The molecule has 5 nitrogen and oxygen atoms in total. The predicted molar refractivity (Wildman–Crippen MR) is 79.5 cm³/mol. The summed E-state index contributed by atoms with van der Waals surface area (Å²) in [5, 5.41) is 2.32. The molecule has 0 atom stereocenters. The molecule has 1 spiro atoms. The SMILES string of the molecule is CCCCCCCCCCN1C(=O)NC(=O)C2(CC2)C1=O. The van der Waals surface area contributed by atoms with Gasteiger partial charge in [-0.15, -0.1) is 0 Å². The van der Waals surface area contributed by atoms with E-state index in [4.69, 9.17) is 0 Å². The van der Waals surface area contributed by atoms with E-state index in [1.807, 2.05) is 0 Å². The van der Waals surface area contributed by atoms with Crippen molar-refractivity contribution in [1.82, 2.24) is 10.2 Å². The standard InChI is InChI=1S/C16H26N2O3/c1-2-3-4-5-6-7-8-9-12-18-14(20)16(10-11-16)13(19)17-15(18)21/h2-12H2,1H3,(H,17,19,21). The van der Waals surface area contributed by atoms with E-state index < -0.39 is 17.4 Å². The van der Waals surface area contributed by atoms with Crippen LogP contribution in [0.15, 0.2) is 0 Å². The van der Waals surface area contributed by atoms with Gasteiger partial charge in [0, 0.05) is 6.54 Å². The van der Waals surface area contributed by atoms with E-state index in [-0.39, 0.29) is 5.91 Å². The van der Waals surface area contributed by atoms with E-state index in [0.717, 1.165) is 19.3 Å². The fraction of sp³-hybridized carbons (Fsp3) is 0.812. The van der Waals surface area contributed by atoms with Crippen molar-refractivity contribution in [2.45, 2.75) is 71.1 Å². The third-order valence-electron chi connectivity index (χ3n) is 4.54. The van der Waals surface area contributed by atoms with Crippen LogP contribution < -0.4 is 5.32 Å². The van der Waals surface area contributed by atoms with E-state index in [9.17, 15) is 14.4 Å². The van der Waals surface area contributed by atoms with Crippen LogP contribution in [0.1, 0.15) is 71.1 Å². The van der Waals surface area contributed by atoms with Crippen molar-refractivity contribution in [3.63, 3.8) is 0 Å². The highest BCUT2D eigenvalue weighted by atomic mass is 16.2. The molecule has 1 saturated heterocycles. The molecule has 2 aliphatic rings. The number of hydrogen-bond acceptors (Lipinski definition) is 3. The molecule has 0 radical (unpaired) electrons. The molecule has 2 rings (SSSR count). The maximum atomic E-state index is 12.2. The molecule has 5 heteroatoms. The number of nitrogens with zero attached hydrogens (tertiary/aromatic N) is 1. The summed E-state index contributed by atoms with van der Waals surface area (Å²) in [5.41, 5.74) is -0.895. The smallest absolute Gasteiger partial charge is 0.277 e. The molecular formula is C16H26N2O3. The van der Waals surface area contributed by atoms with Crippen molar-refractivity contribution in [3.05, 3.63) is 0 Å². The molecule has 1 N–H and O–H groups in total. The molecule has 0 aromatic rings. The second-order valence-electron chi connectivity index (χ2n) is 6.27. The Morgan fingerprint density at radius 3 is 2.10 bits per heavy atom. The molecule has 4 amide bonds. The van der Waals surface area contributed by atoms with Crippen molar-refractivity contribution in [2.24, 2.45) is 5.41 Å². The minimum absolute atomic E-state index is 0.279. The van der Waals surface area contributed by atoms with E-state index in [0.29, 0.717) is 19.4 Å². The number of amides is 4. The Morgan fingerprint density at radius 1 is 0.952 bits per heavy atom. The first-order valence-corrected chi connectivity index (χ1v) is 8.29. The van der Waals surface area contributed by atoms with Crippen molar-refractivity contribution >= 4 is 17.8 Å². The largest absolute Gasteiger partial charge is 0.330 e. The first kappa shape index (κ1) is 16.0. The molecule has 21 heavy (non-hydrogen) atoms. The van der Waals surface area contributed by atoms with Crippen LogP contribution in [0.25, 0.3) is 0 Å². The normalized spacial score (nSPS) is 20.0. The van der Waals surface area contributed by atoms with E-state index >= 15 is 0 Å².